The highest BCUT2D eigenvalue weighted by Gasteiger charge is 2.21. The van der Waals surface area contributed by atoms with E-state index in [1.807, 2.05) is 0 Å². The second kappa shape index (κ2) is 5.22. The van der Waals surface area contributed by atoms with Gasteiger partial charge in [-0.25, -0.2) is 13.6 Å². The van der Waals surface area contributed by atoms with Crippen molar-refractivity contribution in [3.8, 4) is 0 Å². The summed E-state index contributed by atoms with van der Waals surface area (Å²) in [7, 11) is 0. The van der Waals surface area contributed by atoms with Gasteiger partial charge in [-0.3, -0.25) is 4.79 Å². The van der Waals surface area contributed by atoms with Crippen LogP contribution < -0.4 is 0 Å². The lowest BCUT2D eigenvalue weighted by molar-refractivity contribution is -0.142. The molecular weight excluding hydrogens is 302 g/mol. The van der Waals surface area contributed by atoms with Crippen molar-refractivity contribution < 1.29 is 28.2 Å². The standard InChI is InChI=1S/C10H7BrF2O4/c1-4(14)17-3-6-8(11)7(12)2-5(9(6)13)10(15)16/h2H,3H2,1H3,(H,15,16). The van der Waals surface area contributed by atoms with Crippen molar-refractivity contribution in [3.05, 3.63) is 33.3 Å². The topological polar surface area (TPSA) is 63.6 Å². The molecule has 0 aliphatic rings. The van der Waals surface area contributed by atoms with E-state index in [9.17, 15) is 18.4 Å². The lowest BCUT2D eigenvalue weighted by Crippen LogP contribution is -2.09. The summed E-state index contributed by atoms with van der Waals surface area (Å²) in [6.07, 6.45) is 0. The molecule has 0 amide bonds. The average molecular weight is 309 g/mol. The van der Waals surface area contributed by atoms with E-state index in [-0.39, 0.29) is 10.0 Å². The van der Waals surface area contributed by atoms with E-state index in [4.69, 9.17) is 5.11 Å². The molecular formula is C10H7BrF2O4. The van der Waals surface area contributed by atoms with Gasteiger partial charge in [0.05, 0.1) is 10.0 Å². The van der Waals surface area contributed by atoms with Gasteiger partial charge in [0.2, 0.25) is 0 Å². The first-order chi connectivity index (χ1) is 7.84. The lowest BCUT2D eigenvalue weighted by atomic mass is 10.1. The molecule has 0 aromatic heterocycles. The van der Waals surface area contributed by atoms with Crippen molar-refractivity contribution in [2.75, 3.05) is 0 Å². The third kappa shape index (κ3) is 3.00. The Kier molecular flexibility index (Phi) is 4.17. The summed E-state index contributed by atoms with van der Waals surface area (Å²) in [4.78, 5) is 21.2. The fourth-order valence-electron chi connectivity index (χ4n) is 1.11. The van der Waals surface area contributed by atoms with Crippen LogP contribution in [0.15, 0.2) is 10.5 Å². The number of halogens is 3. The van der Waals surface area contributed by atoms with Crippen LogP contribution in [0.25, 0.3) is 0 Å². The van der Waals surface area contributed by atoms with Crippen LogP contribution in [0.3, 0.4) is 0 Å². The van der Waals surface area contributed by atoms with E-state index in [2.05, 4.69) is 20.7 Å². The van der Waals surface area contributed by atoms with Gasteiger partial charge < -0.3 is 9.84 Å². The molecule has 1 N–H and O–H groups in total. The SMILES string of the molecule is CC(=O)OCc1c(F)c(C(=O)O)cc(F)c1Br. The molecule has 1 aromatic carbocycles. The van der Waals surface area contributed by atoms with Crippen LogP contribution in [-0.4, -0.2) is 17.0 Å². The Morgan fingerprint density at radius 3 is 2.53 bits per heavy atom. The fourth-order valence-corrected chi connectivity index (χ4v) is 1.52. The first-order valence-corrected chi connectivity index (χ1v) is 5.17. The summed E-state index contributed by atoms with van der Waals surface area (Å²) in [5.41, 5.74) is -1.16. The van der Waals surface area contributed by atoms with Crippen molar-refractivity contribution in [2.24, 2.45) is 0 Å². The van der Waals surface area contributed by atoms with Crippen molar-refractivity contribution in [2.45, 2.75) is 13.5 Å². The van der Waals surface area contributed by atoms with Crippen LogP contribution in [0.1, 0.15) is 22.8 Å². The molecule has 0 aliphatic carbocycles. The van der Waals surface area contributed by atoms with Crippen molar-refractivity contribution in [1.82, 2.24) is 0 Å². The molecule has 0 saturated carbocycles. The van der Waals surface area contributed by atoms with Gasteiger partial charge in [0, 0.05) is 12.5 Å². The average Bonchev–Trinajstić information content (AvgIpc) is 2.22. The molecule has 7 heteroatoms. The third-order valence-electron chi connectivity index (χ3n) is 1.90. The Hall–Kier alpha value is -1.50. The van der Waals surface area contributed by atoms with E-state index in [1.165, 1.54) is 0 Å². The van der Waals surface area contributed by atoms with Crippen molar-refractivity contribution in [1.29, 1.82) is 0 Å². The Morgan fingerprint density at radius 1 is 1.47 bits per heavy atom. The van der Waals surface area contributed by atoms with E-state index >= 15 is 0 Å². The summed E-state index contributed by atoms with van der Waals surface area (Å²) >= 11 is 2.77. The summed E-state index contributed by atoms with van der Waals surface area (Å²) in [6, 6.07) is 0.555. The molecule has 0 fully saturated rings. The molecule has 4 nitrogen and oxygen atoms in total. The lowest BCUT2D eigenvalue weighted by Gasteiger charge is -2.09. The Balaban J connectivity index is 3.26. The summed E-state index contributed by atoms with van der Waals surface area (Å²) < 4.78 is 31.2. The van der Waals surface area contributed by atoms with Gasteiger partial charge in [-0.15, -0.1) is 0 Å². The summed E-state index contributed by atoms with van der Waals surface area (Å²) in [5.74, 6) is -4.35. The third-order valence-corrected chi connectivity index (χ3v) is 2.75. The molecule has 92 valence electrons. The van der Waals surface area contributed by atoms with Gasteiger partial charge in [0.1, 0.15) is 18.2 Å². The molecule has 0 spiro atoms. The zero-order chi connectivity index (χ0) is 13.2. The number of carbonyl (C=O) groups excluding carboxylic acids is 1. The Morgan fingerprint density at radius 2 is 2.06 bits per heavy atom. The van der Waals surface area contributed by atoms with E-state index in [0.717, 1.165) is 6.92 Å². The number of carboxylic acid groups (broad SMARTS) is 1. The second-order valence-corrected chi connectivity index (χ2v) is 3.89. The summed E-state index contributed by atoms with van der Waals surface area (Å²) in [6.45, 7) is 0.559. The Bertz CT molecular complexity index is 488. The minimum atomic E-state index is -1.60. The number of carbonyl (C=O) groups is 2. The van der Waals surface area contributed by atoms with Crippen LogP contribution in [0.4, 0.5) is 8.78 Å². The van der Waals surface area contributed by atoms with Crippen LogP contribution >= 0.6 is 15.9 Å². The zero-order valence-electron chi connectivity index (χ0n) is 8.59. The van der Waals surface area contributed by atoms with Gasteiger partial charge in [0.15, 0.2) is 0 Å². The van der Waals surface area contributed by atoms with Crippen LogP contribution in [0.5, 0.6) is 0 Å². The highest BCUT2D eigenvalue weighted by atomic mass is 79.9. The predicted molar refractivity (Wildman–Crippen MR) is 56.5 cm³/mol. The van der Waals surface area contributed by atoms with Crippen LogP contribution in [-0.2, 0) is 16.1 Å². The van der Waals surface area contributed by atoms with Gasteiger partial charge in [0.25, 0.3) is 0 Å². The van der Waals surface area contributed by atoms with Gasteiger partial charge in [-0.1, -0.05) is 0 Å². The fraction of sp³-hybridized carbons (Fsp3) is 0.200. The number of hydrogen-bond donors (Lipinski definition) is 1. The molecule has 0 unspecified atom stereocenters. The van der Waals surface area contributed by atoms with Gasteiger partial charge in [-0.05, 0) is 22.0 Å². The van der Waals surface area contributed by atoms with Crippen LogP contribution in [0, 0.1) is 11.6 Å². The van der Waals surface area contributed by atoms with Gasteiger partial charge >= 0.3 is 11.9 Å². The summed E-state index contributed by atoms with van der Waals surface area (Å²) in [5, 5.41) is 8.65. The molecule has 1 aromatic rings. The molecule has 0 bridgehead atoms. The monoisotopic (exact) mass is 308 g/mol. The number of carboxylic acids is 1. The maximum Gasteiger partial charge on any atom is 0.338 e. The normalized spacial score (nSPS) is 10.1. The minimum Gasteiger partial charge on any atom is -0.478 e. The van der Waals surface area contributed by atoms with Crippen molar-refractivity contribution >= 4 is 27.9 Å². The maximum atomic E-state index is 13.6. The number of benzene rings is 1. The largest absolute Gasteiger partial charge is 0.478 e. The molecule has 0 saturated heterocycles. The maximum absolute atomic E-state index is 13.6. The highest BCUT2D eigenvalue weighted by Crippen LogP contribution is 2.27. The van der Waals surface area contributed by atoms with Gasteiger partial charge in [-0.2, -0.15) is 0 Å². The Labute approximate surface area is 103 Å². The molecule has 17 heavy (non-hydrogen) atoms. The first-order valence-electron chi connectivity index (χ1n) is 4.37. The van der Waals surface area contributed by atoms with Crippen LogP contribution in [0.2, 0.25) is 0 Å². The first kappa shape index (κ1) is 13.6. The number of rotatable bonds is 3. The quantitative estimate of drug-likeness (QED) is 0.688. The predicted octanol–water partition coefficient (Wildman–Crippen LogP) is 2.49. The second-order valence-electron chi connectivity index (χ2n) is 3.10. The molecule has 0 radical (unpaired) electrons. The van der Waals surface area contributed by atoms with E-state index in [1.54, 1.807) is 0 Å². The molecule has 0 aliphatic heterocycles. The number of aromatic carboxylic acids is 1. The highest BCUT2D eigenvalue weighted by molar-refractivity contribution is 9.10. The molecule has 0 atom stereocenters. The molecule has 1 rings (SSSR count). The van der Waals surface area contributed by atoms with E-state index in [0.29, 0.717) is 6.07 Å². The van der Waals surface area contributed by atoms with Crippen molar-refractivity contribution in [3.63, 3.8) is 0 Å². The number of ether oxygens (including phenoxy) is 1. The number of esters is 1. The minimum absolute atomic E-state index is 0.263. The molecule has 0 heterocycles. The number of hydrogen-bond acceptors (Lipinski definition) is 3. The van der Waals surface area contributed by atoms with E-state index < -0.39 is 35.7 Å². The smallest absolute Gasteiger partial charge is 0.338 e. The zero-order valence-corrected chi connectivity index (χ0v) is 10.2.